The minimum atomic E-state index is -0.215. The van der Waals surface area contributed by atoms with Crippen LogP contribution in [0, 0.1) is 0 Å². The van der Waals surface area contributed by atoms with Crippen LogP contribution in [0.4, 0.5) is 5.69 Å². The van der Waals surface area contributed by atoms with Crippen LogP contribution in [-0.2, 0) is 4.79 Å². The summed E-state index contributed by atoms with van der Waals surface area (Å²) in [6.45, 7) is 0. The molecule has 0 saturated heterocycles. The van der Waals surface area contributed by atoms with E-state index >= 15 is 0 Å². The van der Waals surface area contributed by atoms with Gasteiger partial charge in [0.15, 0.2) is 11.5 Å². The number of aliphatic hydroxyl groups is 1. The van der Waals surface area contributed by atoms with Crippen LogP contribution in [0.3, 0.4) is 0 Å². The number of rotatable bonds is 3. The summed E-state index contributed by atoms with van der Waals surface area (Å²) in [6, 6.07) is 16.4. The molecule has 0 aliphatic heterocycles. The van der Waals surface area contributed by atoms with E-state index in [1.54, 1.807) is 24.3 Å². The molecule has 0 aromatic heterocycles. The van der Waals surface area contributed by atoms with Crippen molar-refractivity contribution in [2.75, 3.05) is 0 Å². The molecule has 5 heteroatoms. The lowest BCUT2D eigenvalue weighted by Gasteiger charge is -2.21. The molecule has 3 rings (SSSR count). The largest absolute Gasteiger partial charge is 0.509 e. The van der Waals surface area contributed by atoms with Crippen LogP contribution in [-0.4, -0.2) is 10.9 Å². The zero-order valence-corrected chi connectivity index (χ0v) is 13.1. The third kappa shape index (κ3) is 3.48. The molecule has 1 aliphatic rings. The molecule has 1 N–H and O–H groups in total. The van der Waals surface area contributed by atoms with Crippen molar-refractivity contribution in [2.45, 2.75) is 18.8 Å². The van der Waals surface area contributed by atoms with Crippen LogP contribution < -0.4 is 0 Å². The fourth-order valence-corrected chi connectivity index (χ4v) is 2.70. The number of halogens is 1. The minimum absolute atomic E-state index is 0.00911. The molecule has 116 valence electrons. The standard InChI is InChI=1S/C18H15ClN2O2/c19-13-6-8-14(9-7-13)20-21-17-16(22)11-10-15(18(17)23)12-4-2-1-3-5-12/h1-9,15,23H,10-11H2. The van der Waals surface area contributed by atoms with Crippen LogP contribution in [0.2, 0.25) is 5.02 Å². The topological polar surface area (TPSA) is 62.0 Å². The molecule has 0 fully saturated rings. The van der Waals surface area contributed by atoms with Crippen molar-refractivity contribution in [3.05, 3.63) is 76.6 Å². The minimum Gasteiger partial charge on any atom is -0.509 e. The summed E-state index contributed by atoms with van der Waals surface area (Å²) in [4.78, 5) is 12.1. The highest BCUT2D eigenvalue weighted by Crippen LogP contribution is 2.35. The van der Waals surface area contributed by atoms with Gasteiger partial charge in [-0.25, -0.2) is 0 Å². The molecule has 23 heavy (non-hydrogen) atoms. The Morgan fingerprint density at radius 1 is 1.00 bits per heavy atom. The van der Waals surface area contributed by atoms with E-state index in [-0.39, 0.29) is 23.2 Å². The number of aliphatic hydroxyl groups excluding tert-OH is 1. The summed E-state index contributed by atoms with van der Waals surface area (Å²) in [5, 5.41) is 19.1. The van der Waals surface area contributed by atoms with Crippen LogP contribution in [0.15, 0.2) is 76.3 Å². The predicted molar refractivity (Wildman–Crippen MR) is 89.0 cm³/mol. The van der Waals surface area contributed by atoms with E-state index in [9.17, 15) is 9.90 Å². The summed E-state index contributed by atoms with van der Waals surface area (Å²) < 4.78 is 0. The van der Waals surface area contributed by atoms with Crippen molar-refractivity contribution in [3.63, 3.8) is 0 Å². The molecule has 0 saturated carbocycles. The lowest BCUT2D eigenvalue weighted by atomic mass is 9.85. The Hall–Kier alpha value is -2.46. The van der Waals surface area contributed by atoms with Crippen LogP contribution >= 0.6 is 11.6 Å². The van der Waals surface area contributed by atoms with E-state index in [1.807, 2.05) is 30.3 Å². The molecular formula is C18H15ClN2O2. The molecule has 1 unspecified atom stereocenters. The number of ketones is 1. The van der Waals surface area contributed by atoms with Crippen molar-refractivity contribution in [2.24, 2.45) is 10.2 Å². The first-order valence-corrected chi connectivity index (χ1v) is 7.71. The number of carbonyl (C=O) groups excluding carboxylic acids is 1. The molecule has 2 aromatic rings. The smallest absolute Gasteiger partial charge is 0.186 e. The van der Waals surface area contributed by atoms with Crippen LogP contribution in [0.1, 0.15) is 24.3 Å². The highest BCUT2D eigenvalue weighted by Gasteiger charge is 2.29. The van der Waals surface area contributed by atoms with Crippen molar-refractivity contribution in [1.29, 1.82) is 0 Å². The number of Topliss-reactive ketones (excluding diaryl/α,β-unsaturated/α-hetero) is 1. The lowest BCUT2D eigenvalue weighted by Crippen LogP contribution is -2.17. The molecular weight excluding hydrogens is 312 g/mol. The van der Waals surface area contributed by atoms with Gasteiger partial charge in [0.05, 0.1) is 5.69 Å². The van der Waals surface area contributed by atoms with Crippen molar-refractivity contribution in [1.82, 2.24) is 0 Å². The van der Waals surface area contributed by atoms with Gasteiger partial charge in [0.25, 0.3) is 0 Å². The van der Waals surface area contributed by atoms with Gasteiger partial charge in [-0.1, -0.05) is 41.9 Å². The second-order valence-corrected chi connectivity index (χ2v) is 5.77. The highest BCUT2D eigenvalue weighted by molar-refractivity contribution is 6.30. The van der Waals surface area contributed by atoms with E-state index in [0.717, 1.165) is 5.56 Å². The first kappa shape index (κ1) is 15.4. The number of carbonyl (C=O) groups is 1. The van der Waals surface area contributed by atoms with E-state index in [1.165, 1.54) is 0 Å². The third-order valence-electron chi connectivity index (χ3n) is 3.79. The van der Waals surface area contributed by atoms with Gasteiger partial charge in [-0.3, -0.25) is 4.79 Å². The maximum atomic E-state index is 12.1. The molecule has 0 amide bonds. The van der Waals surface area contributed by atoms with Crippen molar-refractivity contribution >= 4 is 23.1 Å². The number of hydrogen-bond donors (Lipinski definition) is 1. The highest BCUT2D eigenvalue weighted by atomic mass is 35.5. The SMILES string of the molecule is O=C1CCC(c2ccccc2)C(O)=C1N=Nc1ccc(Cl)cc1. The van der Waals surface area contributed by atoms with Crippen molar-refractivity contribution < 1.29 is 9.90 Å². The van der Waals surface area contributed by atoms with Gasteiger partial charge < -0.3 is 5.11 Å². The molecule has 2 aromatic carbocycles. The molecule has 0 spiro atoms. The lowest BCUT2D eigenvalue weighted by molar-refractivity contribution is -0.116. The average molecular weight is 327 g/mol. The fraction of sp³-hybridized carbons (Fsp3) is 0.167. The second-order valence-electron chi connectivity index (χ2n) is 5.34. The molecule has 0 bridgehead atoms. The molecule has 4 nitrogen and oxygen atoms in total. The maximum Gasteiger partial charge on any atom is 0.186 e. The molecule has 0 radical (unpaired) electrons. The van der Waals surface area contributed by atoms with E-state index < -0.39 is 0 Å². The Morgan fingerprint density at radius 3 is 2.39 bits per heavy atom. The molecule has 1 aliphatic carbocycles. The van der Waals surface area contributed by atoms with E-state index in [2.05, 4.69) is 10.2 Å². The summed E-state index contributed by atoms with van der Waals surface area (Å²) in [6.07, 6.45) is 0.924. The van der Waals surface area contributed by atoms with Gasteiger partial charge in [0, 0.05) is 17.4 Å². The van der Waals surface area contributed by atoms with Gasteiger partial charge in [0.1, 0.15) is 5.76 Å². The summed E-state index contributed by atoms with van der Waals surface area (Å²) >= 11 is 5.82. The monoisotopic (exact) mass is 326 g/mol. The Labute approximate surface area is 139 Å². The Balaban J connectivity index is 1.91. The number of nitrogens with zero attached hydrogens (tertiary/aromatic N) is 2. The van der Waals surface area contributed by atoms with Crippen LogP contribution in [0.5, 0.6) is 0 Å². The van der Waals surface area contributed by atoms with Crippen molar-refractivity contribution in [3.8, 4) is 0 Å². The van der Waals surface area contributed by atoms with Gasteiger partial charge in [-0.2, -0.15) is 5.11 Å². The van der Waals surface area contributed by atoms with E-state index in [4.69, 9.17) is 11.6 Å². The summed E-state index contributed by atoms with van der Waals surface area (Å²) in [5.41, 5.74) is 1.58. The molecule has 1 atom stereocenters. The maximum absolute atomic E-state index is 12.1. The number of benzene rings is 2. The van der Waals surface area contributed by atoms with Gasteiger partial charge in [0.2, 0.25) is 0 Å². The van der Waals surface area contributed by atoms with Gasteiger partial charge >= 0.3 is 0 Å². The first-order valence-electron chi connectivity index (χ1n) is 7.34. The van der Waals surface area contributed by atoms with Crippen LogP contribution in [0.25, 0.3) is 0 Å². The van der Waals surface area contributed by atoms with Gasteiger partial charge in [-0.05, 0) is 36.2 Å². The zero-order chi connectivity index (χ0) is 16.2. The third-order valence-corrected chi connectivity index (χ3v) is 4.04. The first-order chi connectivity index (χ1) is 11.1. The Bertz CT molecular complexity index is 767. The Kier molecular flexibility index (Phi) is 4.53. The zero-order valence-electron chi connectivity index (χ0n) is 12.3. The Morgan fingerprint density at radius 2 is 1.70 bits per heavy atom. The summed E-state index contributed by atoms with van der Waals surface area (Å²) in [7, 11) is 0. The summed E-state index contributed by atoms with van der Waals surface area (Å²) in [5.74, 6) is -0.411. The number of allylic oxidation sites excluding steroid dienone is 2. The number of azo groups is 1. The number of hydrogen-bond acceptors (Lipinski definition) is 4. The normalized spacial score (nSPS) is 18.7. The fourth-order valence-electron chi connectivity index (χ4n) is 2.57. The average Bonchev–Trinajstić information content (AvgIpc) is 2.57. The molecule has 0 heterocycles. The van der Waals surface area contributed by atoms with E-state index in [0.29, 0.717) is 23.6 Å². The second kappa shape index (κ2) is 6.75. The van der Waals surface area contributed by atoms with Gasteiger partial charge in [-0.15, -0.1) is 5.11 Å². The predicted octanol–water partition coefficient (Wildman–Crippen LogP) is 5.34. The quantitative estimate of drug-likeness (QED) is 0.774.